The molecule has 0 aliphatic carbocycles. The van der Waals surface area contributed by atoms with E-state index in [2.05, 4.69) is 10.3 Å². The van der Waals surface area contributed by atoms with E-state index in [1.54, 1.807) is 37.3 Å². The Morgan fingerprint density at radius 1 is 1.03 bits per heavy atom. The highest BCUT2D eigenvalue weighted by Gasteiger charge is 2.21. The fourth-order valence-electron chi connectivity index (χ4n) is 2.75. The molecule has 1 aromatic heterocycles. The minimum atomic E-state index is -1.09. The molecular formula is C21H15Cl3N2O4. The average molecular weight is 466 g/mol. The Hall–Kier alpha value is -2.80. The van der Waals surface area contributed by atoms with Gasteiger partial charge in [0, 0.05) is 11.2 Å². The van der Waals surface area contributed by atoms with Crippen molar-refractivity contribution in [3.8, 4) is 11.6 Å². The first-order valence-corrected chi connectivity index (χ1v) is 9.81. The number of rotatable bonds is 6. The Kier molecular flexibility index (Phi) is 6.82. The van der Waals surface area contributed by atoms with Gasteiger partial charge in [-0.3, -0.25) is 4.79 Å². The molecule has 154 valence electrons. The summed E-state index contributed by atoms with van der Waals surface area (Å²) >= 11 is 18.0. The van der Waals surface area contributed by atoms with Gasteiger partial charge in [0.05, 0.1) is 21.7 Å². The van der Waals surface area contributed by atoms with E-state index >= 15 is 0 Å². The van der Waals surface area contributed by atoms with Gasteiger partial charge < -0.3 is 15.2 Å². The molecule has 0 unspecified atom stereocenters. The van der Waals surface area contributed by atoms with Crippen LogP contribution < -0.4 is 10.1 Å². The van der Waals surface area contributed by atoms with Gasteiger partial charge in [-0.05, 0) is 42.8 Å². The predicted octanol–water partition coefficient (Wildman–Crippen LogP) is 6.02. The number of hydrogen-bond acceptors (Lipinski definition) is 4. The summed E-state index contributed by atoms with van der Waals surface area (Å²) in [5.41, 5.74) is 0.615. The highest BCUT2D eigenvalue weighted by molar-refractivity contribution is 6.35. The van der Waals surface area contributed by atoms with Gasteiger partial charge in [-0.2, -0.15) is 0 Å². The number of hydrogen-bond donors (Lipinski definition) is 2. The first-order chi connectivity index (χ1) is 14.3. The summed E-state index contributed by atoms with van der Waals surface area (Å²) < 4.78 is 5.71. The number of halogens is 3. The van der Waals surface area contributed by atoms with E-state index in [9.17, 15) is 14.7 Å². The monoisotopic (exact) mass is 464 g/mol. The summed E-state index contributed by atoms with van der Waals surface area (Å²) in [6.45, 7) is 1.67. The van der Waals surface area contributed by atoms with Crippen LogP contribution in [0.1, 0.15) is 39.2 Å². The second-order valence-electron chi connectivity index (χ2n) is 6.27. The minimum absolute atomic E-state index is 0.0140. The van der Waals surface area contributed by atoms with Gasteiger partial charge in [0.15, 0.2) is 0 Å². The lowest BCUT2D eigenvalue weighted by atomic mass is 10.0. The van der Waals surface area contributed by atoms with Crippen molar-refractivity contribution in [2.24, 2.45) is 0 Å². The number of ether oxygens (including phenoxy) is 1. The van der Waals surface area contributed by atoms with Gasteiger partial charge in [0.25, 0.3) is 5.91 Å². The molecule has 3 rings (SSSR count). The number of nitrogens with zero attached hydrogens (tertiary/aromatic N) is 1. The number of carbonyl (C=O) groups is 2. The molecule has 6 nitrogen and oxygen atoms in total. The summed E-state index contributed by atoms with van der Waals surface area (Å²) in [6.07, 6.45) is 1.33. The highest BCUT2D eigenvalue weighted by atomic mass is 35.5. The van der Waals surface area contributed by atoms with Crippen LogP contribution in [-0.4, -0.2) is 22.0 Å². The topological polar surface area (TPSA) is 88.5 Å². The van der Waals surface area contributed by atoms with Crippen LogP contribution in [0.4, 0.5) is 0 Å². The maximum Gasteiger partial charge on any atom is 0.336 e. The predicted molar refractivity (Wildman–Crippen MR) is 115 cm³/mol. The van der Waals surface area contributed by atoms with Crippen molar-refractivity contribution in [1.82, 2.24) is 10.3 Å². The summed E-state index contributed by atoms with van der Waals surface area (Å²) in [7, 11) is 0. The Balaban J connectivity index is 1.89. The molecule has 0 fully saturated rings. The van der Waals surface area contributed by atoms with Crippen molar-refractivity contribution < 1.29 is 19.4 Å². The molecule has 2 N–H and O–H groups in total. The second kappa shape index (κ2) is 9.34. The summed E-state index contributed by atoms with van der Waals surface area (Å²) in [5, 5.41) is 13.0. The molecule has 0 aliphatic heterocycles. The van der Waals surface area contributed by atoms with E-state index in [0.29, 0.717) is 10.6 Å². The zero-order valence-corrected chi connectivity index (χ0v) is 17.8. The molecule has 1 amide bonds. The van der Waals surface area contributed by atoms with Gasteiger partial charge in [-0.1, -0.05) is 53.0 Å². The van der Waals surface area contributed by atoms with Crippen molar-refractivity contribution in [1.29, 1.82) is 0 Å². The van der Waals surface area contributed by atoms with Gasteiger partial charge in [-0.15, -0.1) is 0 Å². The third kappa shape index (κ3) is 5.02. The third-order valence-electron chi connectivity index (χ3n) is 4.17. The lowest BCUT2D eigenvalue weighted by molar-refractivity contribution is 0.0693. The van der Waals surface area contributed by atoms with Crippen LogP contribution in [0.25, 0.3) is 0 Å². The molecule has 30 heavy (non-hydrogen) atoms. The molecule has 2 aromatic carbocycles. The summed E-state index contributed by atoms with van der Waals surface area (Å²) in [5.74, 6) is -1.38. The Bertz CT molecular complexity index is 1120. The van der Waals surface area contributed by atoms with Crippen molar-refractivity contribution in [3.63, 3.8) is 0 Å². The van der Waals surface area contributed by atoms with Crippen LogP contribution in [0.15, 0.2) is 54.7 Å². The maximum atomic E-state index is 12.9. The molecule has 0 bridgehead atoms. The number of amides is 1. The zero-order chi connectivity index (χ0) is 21.8. The summed E-state index contributed by atoms with van der Waals surface area (Å²) in [4.78, 5) is 28.5. The van der Waals surface area contributed by atoms with Gasteiger partial charge in [0.2, 0.25) is 5.88 Å². The molecule has 0 aliphatic rings. The normalized spacial score (nSPS) is 11.6. The van der Waals surface area contributed by atoms with Crippen molar-refractivity contribution in [2.75, 3.05) is 0 Å². The standard InChI is InChI=1S/C21H15Cl3N2O4/c1-11(14-4-2-3-5-15(14)21(28)29)26-19(27)16-8-13(23)10-25-20(16)30-18-7-6-12(22)9-17(18)24/h2-11H,1H3,(H,26,27)(H,28,29)/t11-/m0/s1. The Labute approximate surface area is 187 Å². The van der Waals surface area contributed by atoms with Crippen molar-refractivity contribution in [2.45, 2.75) is 13.0 Å². The van der Waals surface area contributed by atoms with E-state index in [4.69, 9.17) is 39.5 Å². The number of nitrogens with one attached hydrogen (secondary N) is 1. The van der Waals surface area contributed by atoms with Crippen molar-refractivity contribution >= 4 is 46.7 Å². The van der Waals surface area contributed by atoms with Crippen LogP contribution in [0.2, 0.25) is 15.1 Å². The number of aromatic carboxylic acids is 1. The smallest absolute Gasteiger partial charge is 0.336 e. The highest BCUT2D eigenvalue weighted by Crippen LogP contribution is 2.33. The van der Waals surface area contributed by atoms with Crippen molar-refractivity contribution in [3.05, 3.63) is 86.5 Å². The summed E-state index contributed by atoms with van der Waals surface area (Å²) in [6, 6.07) is 11.9. The van der Waals surface area contributed by atoms with Gasteiger partial charge >= 0.3 is 5.97 Å². The number of aromatic nitrogens is 1. The van der Waals surface area contributed by atoms with E-state index < -0.39 is 17.9 Å². The number of carboxylic acid groups (broad SMARTS) is 1. The zero-order valence-electron chi connectivity index (χ0n) is 15.5. The SMILES string of the molecule is C[C@H](NC(=O)c1cc(Cl)cnc1Oc1ccc(Cl)cc1Cl)c1ccccc1C(=O)O. The minimum Gasteiger partial charge on any atom is -0.478 e. The lowest BCUT2D eigenvalue weighted by Gasteiger charge is -2.18. The van der Waals surface area contributed by atoms with E-state index in [0.717, 1.165) is 0 Å². The Morgan fingerprint density at radius 2 is 1.77 bits per heavy atom. The van der Waals surface area contributed by atoms with E-state index in [1.807, 2.05) is 0 Å². The molecule has 9 heteroatoms. The van der Waals surface area contributed by atoms with E-state index in [-0.39, 0.29) is 32.8 Å². The first kappa shape index (κ1) is 21.9. The maximum absolute atomic E-state index is 12.9. The van der Waals surface area contributed by atoms with E-state index in [1.165, 1.54) is 24.4 Å². The molecule has 1 atom stereocenters. The Morgan fingerprint density at radius 3 is 2.47 bits per heavy atom. The van der Waals surface area contributed by atoms with Crippen LogP contribution in [0.3, 0.4) is 0 Å². The molecular weight excluding hydrogens is 451 g/mol. The average Bonchev–Trinajstić information content (AvgIpc) is 2.71. The van der Waals surface area contributed by atoms with Crippen LogP contribution in [0, 0.1) is 0 Å². The second-order valence-corrected chi connectivity index (χ2v) is 7.55. The molecule has 0 saturated heterocycles. The van der Waals surface area contributed by atoms with Crippen LogP contribution in [-0.2, 0) is 0 Å². The molecule has 0 saturated carbocycles. The number of pyridine rings is 1. The van der Waals surface area contributed by atoms with Gasteiger partial charge in [0.1, 0.15) is 11.3 Å². The largest absolute Gasteiger partial charge is 0.478 e. The molecule has 0 spiro atoms. The molecule has 3 aromatic rings. The molecule has 0 radical (unpaired) electrons. The molecule has 1 heterocycles. The number of carboxylic acids is 1. The fraction of sp³-hybridized carbons (Fsp3) is 0.0952. The lowest BCUT2D eigenvalue weighted by Crippen LogP contribution is -2.28. The van der Waals surface area contributed by atoms with Gasteiger partial charge in [-0.25, -0.2) is 9.78 Å². The first-order valence-electron chi connectivity index (χ1n) is 8.67. The third-order valence-corrected chi connectivity index (χ3v) is 4.91. The van der Waals surface area contributed by atoms with Crippen LogP contribution in [0.5, 0.6) is 11.6 Å². The fourth-order valence-corrected chi connectivity index (χ4v) is 3.36. The number of benzene rings is 2. The van der Waals surface area contributed by atoms with Crippen LogP contribution >= 0.6 is 34.8 Å². The number of carbonyl (C=O) groups excluding carboxylic acids is 1. The quantitative estimate of drug-likeness (QED) is 0.464.